The lowest BCUT2D eigenvalue weighted by Gasteiger charge is -2.22. The Kier molecular flexibility index (Phi) is 5.31. The van der Waals surface area contributed by atoms with Crippen LogP contribution in [-0.4, -0.2) is 70.2 Å². The van der Waals surface area contributed by atoms with Crippen molar-refractivity contribution < 1.29 is 0 Å². The van der Waals surface area contributed by atoms with Crippen molar-refractivity contribution in [1.82, 2.24) is 30.0 Å². The zero-order chi connectivity index (χ0) is 23.1. The summed E-state index contributed by atoms with van der Waals surface area (Å²) in [7, 11) is 4.21. The molecule has 4 aromatic rings. The summed E-state index contributed by atoms with van der Waals surface area (Å²) in [5.41, 5.74) is 6.74. The minimum absolute atomic E-state index is 0.910. The van der Waals surface area contributed by atoms with Gasteiger partial charge in [0.15, 0.2) is 0 Å². The Morgan fingerprint density at radius 3 is 1.29 bits per heavy atom. The minimum Gasteiger partial charge on any atom is -0.323 e. The molecule has 2 fully saturated rings. The second kappa shape index (κ2) is 8.62. The molecule has 4 heterocycles. The average molecular weight is 455 g/mol. The highest BCUT2D eigenvalue weighted by atomic mass is 15.7. The second-order valence-electron chi connectivity index (χ2n) is 9.11. The highest BCUT2D eigenvalue weighted by Gasteiger charge is 2.22. The van der Waals surface area contributed by atoms with Crippen LogP contribution in [0.2, 0.25) is 0 Å². The van der Waals surface area contributed by atoms with Gasteiger partial charge < -0.3 is 9.97 Å². The maximum absolute atomic E-state index is 4.59. The Labute approximate surface area is 199 Å². The number of hydrazine groups is 2. The van der Waals surface area contributed by atoms with E-state index in [0.717, 1.165) is 73.4 Å². The first-order valence-electron chi connectivity index (χ1n) is 11.9. The molecule has 2 aliphatic rings. The van der Waals surface area contributed by atoms with E-state index in [-0.39, 0.29) is 0 Å². The quantitative estimate of drug-likeness (QED) is 0.470. The van der Waals surface area contributed by atoms with Crippen LogP contribution < -0.4 is 10.0 Å². The largest absolute Gasteiger partial charge is 0.323 e. The van der Waals surface area contributed by atoms with Crippen molar-refractivity contribution in [2.75, 3.05) is 50.3 Å². The van der Waals surface area contributed by atoms with E-state index < -0.39 is 0 Å². The predicted octanol–water partition coefficient (Wildman–Crippen LogP) is 4.25. The molecule has 0 radical (unpaired) electrons. The zero-order valence-corrected chi connectivity index (χ0v) is 19.7. The number of imidazole rings is 2. The van der Waals surface area contributed by atoms with Crippen molar-refractivity contribution in [3.05, 3.63) is 60.9 Å². The fourth-order valence-electron chi connectivity index (χ4n) is 4.88. The van der Waals surface area contributed by atoms with Gasteiger partial charge in [0, 0.05) is 40.3 Å². The molecular weight excluding hydrogens is 424 g/mol. The molecule has 2 aromatic carbocycles. The number of benzene rings is 2. The van der Waals surface area contributed by atoms with Crippen molar-refractivity contribution in [2.45, 2.75) is 12.8 Å². The van der Waals surface area contributed by atoms with E-state index in [9.17, 15) is 0 Å². The number of rotatable bonds is 5. The summed E-state index contributed by atoms with van der Waals surface area (Å²) in [6.45, 7) is 4.16. The van der Waals surface area contributed by atoms with Crippen LogP contribution in [0.25, 0.3) is 33.6 Å². The van der Waals surface area contributed by atoms with E-state index in [1.54, 1.807) is 0 Å². The SMILES string of the molecule is CN1CCCN1c1ncc(-c2ccc(-c3ccc(-c4cnc(N5CCCN5C)[nH]4)cc3)cc2)[nH]1. The first kappa shape index (κ1) is 20.9. The molecule has 8 nitrogen and oxygen atoms in total. The Hall–Kier alpha value is -3.62. The van der Waals surface area contributed by atoms with Gasteiger partial charge >= 0.3 is 0 Å². The molecule has 0 unspecified atom stereocenters. The maximum Gasteiger partial charge on any atom is 0.218 e. The Morgan fingerprint density at radius 2 is 0.941 bits per heavy atom. The van der Waals surface area contributed by atoms with Crippen LogP contribution in [-0.2, 0) is 0 Å². The number of hydrogen-bond acceptors (Lipinski definition) is 6. The number of hydrogen-bond donors (Lipinski definition) is 2. The molecule has 2 aromatic heterocycles. The lowest BCUT2D eigenvalue weighted by atomic mass is 10.0. The number of nitrogens with one attached hydrogen (secondary N) is 2. The van der Waals surface area contributed by atoms with E-state index in [4.69, 9.17) is 0 Å². The van der Waals surface area contributed by atoms with Gasteiger partial charge in [-0.3, -0.25) is 10.0 Å². The van der Waals surface area contributed by atoms with Gasteiger partial charge in [0.1, 0.15) is 0 Å². The van der Waals surface area contributed by atoms with E-state index in [1.807, 2.05) is 12.4 Å². The van der Waals surface area contributed by atoms with Crippen molar-refractivity contribution in [2.24, 2.45) is 0 Å². The van der Waals surface area contributed by atoms with E-state index in [1.165, 1.54) is 11.1 Å². The van der Waals surface area contributed by atoms with E-state index >= 15 is 0 Å². The second-order valence-corrected chi connectivity index (χ2v) is 9.11. The third-order valence-corrected chi connectivity index (χ3v) is 6.87. The summed E-state index contributed by atoms with van der Waals surface area (Å²) in [4.78, 5) is 16.1. The van der Waals surface area contributed by atoms with Gasteiger partial charge in [0.05, 0.1) is 23.8 Å². The zero-order valence-electron chi connectivity index (χ0n) is 19.7. The molecule has 174 valence electrons. The molecule has 0 aliphatic carbocycles. The van der Waals surface area contributed by atoms with Crippen LogP contribution in [0.1, 0.15) is 12.8 Å². The normalized spacial score (nSPS) is 17.2. The lowest BCUT2D eigenvalue weighted by molar-refractivity contribution is 0.377. The summed E-state index contributed by atoms with van der Waals surface area (Å²) in [6.07, 6.45) is 6.17. The van der Waals surface area contributed by atoms with Gasteiger partial charge in [-0.05, 0) is 35.1 Å². The molecular formula is C26H30N8. The van der Waals surface area contributed by atoms with Crippen molar-refractivity contribution in [3.8, 4) is 33.6 Å². The third-order valence-electron chi connectivity index (χ3n) is 6.87. The molecule has 0 bridgehead atoms. The highest BCUT2D eigenvalue weighted by molar-refractivity contribution is 5.72. The van der Waals surface area contributed by atoms with E-state index in [0.29, 0.717) is 0 Å². The Balaban J connectivity index is 1.16. The summed E-state index contributed by atoms with van der Waals surface area (Å²) < 4.78 is 0. The first-order chi connectivity index (χ1) is 16.7. The standard InChI is InChI=1S/C26H30N8/c1-31-13-3-15-33(31)25-27-17-23(29-25)21-9-5-19(6-10-21)20-7-11-22(12-8-20)24-18-28-26(30-24)34-16-4-14-32(34)2/h5-12,17-18H,3-4,13-16H2,1-2H3,(H,27,29)(H,28,30). The van der Waals surface area contributed by atoms with Crippen LogP contribution in [0.5, 0.6) is 0 Å². The van der Waals surface area contributed by atoms with Gasteiger partial charge in [0.2, 0.25) is 11.9 Å². The number of aromatic nitrogens is 4. The van der Waals surface area contributed by atoms with Gasteiger partial charge in [-0.1, -0.05) is 48.5 Å². The molecule has 34 heavy (non-hydrogen) atoms. The van der Waals surface area contributed by atoms with Gasteiger partial charge in [-0.2, -0.15) is 0 Å². The average Bonchev–Trinajstić information content (AvgIpc) is 3.66. The molecule has 0 amide bonds. The maximum atomic E-state index is 4.59. The summed E-state index contributed by atoms with van der Waals surface area (Å²) in [5, 5.41) is 8.82. The predicted molar refractivity (Wildman–Crippen MR) is 136 cm³/mol. The molecule has 2 N–H and O–H groups in total. The molecule has 0 spiro atoms. The summed E-state index contributed by atoms with van der Waals surface area (Å²) in [5.74, 6) is 1.82. The molecule has 2 aliphatic heterocycles. The number of H-pyrrole nitrogens is 2. The van der Waals surface area contributed by atoms with Crippen LogP contribution in [0.15, 0.2) is 60.9 Å². The number of aromatic amines is 2. The minimum atomic E-state index is 0.910. The van der Waals surface area contributed by atoms with Crippen molar-refractivity contribution in [3.63, 3.8) is 0 Å². The summed E-state index contributed by atoms with van der Waals surface area (Å²) in [6, 6.07) is 17.3. The fourth-order valence-corrected chi connectivity index (χ4v) is 4.88. The monoisotopic (exact) mass is 454 g/mol. The highest BCUT2D eigenvalue weighted by Crippen LogP contribution is 2.29. The Bertz CT molecular complexity index is 1160. The topological polar surface area (TPSA) is 70.3 Å². The van der Waals surface area contributed by atoms with Crippen LogP contribution >= 0.6 is 0 Å². The van der Waals surface area contributed by atoms with E-state index in [2.05, 4.69) is 103 Å². The van der Waals surface area contributed by atoms with Crippen molar-refractivity contribution >= 4 is 11.9 Å². The Morgan fingerprint density at radius 1 is 0.559 bits per heavy atom. The van der Waals surface area contributed by atoms with Crippen molar-refractivity contribution in [1.29, 1.82) is 0 Å². The van der Waals surface area contributed by atoms with Crippen LogP contribution in [0.4, 0.5) is 11.9 Å². The van der Waals surface area contributed by atoms with Gasteiger partial charge in [-0.25, -0.2) is 20.0 Å². The molecule has 6 rings (SSSR count). The lowest BCUT2D eigenvalue weighted by Crippen LogP contribution is -2.33. The van der Waals surface area contributed by atoms with Gasteiger partial charge in [0.25, 0.3) is 0 Å². The fraction of sp³-hybridized carbons (Fsp3) is 0.308. The molecule has 0 atom stereocenters. The third kappa shape index (κ3) is 3.85. The molecule has 8 heteroatoms. The summed E-state index contributed by atoms with van der Waals surface area (Å²) >= 11 is 0. The smallest absolute Gasteiger partial charge is 0.218 e. The van der Waals surface area contributed by atoms with Crippen LogP contribution in [0, 0.1) is 0 Å². The molecule has 2 saturated heterocycles. The van der Waals surface area contributed by atoms with Gasteiger partial charge in [-0.15, -0.1) is 0 Å². The number of anilines is 2. The first-order valence-corrected chi connectivity index (χ1v) is 11.9. The van der Waals surface area contributed by atoms with Crippen LogP contribution in [0.3, 0.4) is 0 Å². The molecule has 0 saturated carbocycles. The number of nitrogens with zero attached hydrogens (tertiary/aromatic N) is 6.